The van der Waals surface area contributed by atoms with Crippen molar-refractivity contribution in [2.45, 2.75) is 39.7 Å². The molecule has 2 bridgehead atoms. The summed E-state index contributed by atoms with van der Waals surface area (Å²) in [5.74, 6) is -1.33. The van der Waals surface area contributed by atoms with Crippen LogP contribution in [0.4, 0.5) is 0 Å². The molecule has 2 saturated carbocycles. The van der Waals surface area contributed by atoms with E-state index >= 15 is 0 Å². The molecule has 0 aromatic heterocycles. The first-order chi connectivity index (χ1) is 7.23. The van der Waals surface area contributed by atoms with Gasteiger partial charge < -0.3 is 0 Å². The van der Waals surface area contributed by atoms with Crippen molar-refractivity contribution in [2.75, 3.05) is 0 Å². The van der Waals surface area contributed by atoms with E-state index in [9.17, 15) is 19.7 Å². The molecular formula is C11H15NO4. The van der Waals surface area contributed by atoms with Gasteiger partial charge in [-0.05, 0) is 18.3 Å². The Morgan fingerprint density at radius 1 is 1.31 bits per heavy atom. The van der Waals surface area contributed by atoms with Gasteiger partial charge in [0.25, 0.3) is 0 Å². The average Bonchev–Trinajstić information content (AvgIpc) is 2.31. The smallest absolute Gasteiger partial charge is 0.291 e. The lowest BCUT2D eigenvalue weighted by molar-refractivity contribution is -0.496. The highest BCUT2D eigenvalue weighted by atomic mass is 16.6. The standard InChI is InChI=1S/C11H15NO4/c1-10(2)6-4-5-11(10,3)9(14)7(8(6)13)12(15)16/h6-7H,4-5H2,1-3H3/t6-,7?,11+/m1/s1. The quantitative estimate of drug-likeness (QED) is 0.382. The Bertz CT molecular complexity index is 401. The Hall–Kier alpha value is -1.26. The molecule has 0 saturated heterocycles. The highest BCUT2D eigenvalue weighted by molar-refractivity contribution is 6.12. The van der Waals surface area contributed by atoms with E-state index in [2.05, 4.69) is 0 Å². The van der Waals surface area contributed by atoms with Crippen molar-refractivity contribution in [1.82, 2.24) is 0 Å². The van der Waals surface area contributed by atoms with Gasteiger partial charge in [-0.3, -0.25) is 19.7 Å². The molecular weight excluding hydrogens is 210 g/mol. The molecule has 2 fully saturated rings. The van der Waals surface area contributed by atoms with Gasteiger partial charge in [-0.2, -0.15) is 0 Å². The largest absolute Gasteiger partial charge is 0.328 e. The summed E-state index contributed by atoms with van der Waals surface area (Å²) in [7, 11) is 0. The highest BCUT2D eigenvalue weighted by Gasteiger charge is 2.68. The number of nitro groups is 1. The van der Waals surface area contributed by atoms with Gasteiger partial charge in [0.1, 0.15) is 0 Å². The van der Waals surface area contributed by atoms with Crippen LogP contribution < -0.4 is 0 Å². The van der Waals surface area contributed by atoms with Crippen LogP contribution in [-0.4, -0.2) is 22.5 Å². The van der Waals surface area contributed by atoms with Gasteiger partial charge in [0, 0.05) is 16.3 Å². The second kappa shape index (κ2) is 2.90. The number of hydrogen-bond donors (Lipinski definition) is 0. The van der Waals surface area contributed by atoms with Crippen LogP contribution in [0.1, 0.15) is 33.6 Å². The third-order valence-corrected chi connectivity index (χ3v) is 4.84. The van der Waals surface area contributed by atoms with Crippen LogP contribution >= 0.6 is 0 Å². The minimum atomic E-state index is -1.62. The molecule has 2 rings (SSSR count). The highest BCUT2D eigenvalue weighted by Crippen LogP contribution is 2.60. The lowest BCUT2D eigenvalue weighted by atomic mass is 9.57. The minimum Gasteiger partial charge on any atom is -0.291 e. The van der Waals surface area contributed by atoms with Crippen molar-refractivity contribution in [3.8, 4) is 0 Å². The second-order valence-electron chi connectivity index (χ2n) is 5.60. The molecule has 5 nitrogen and oxygen atoms in total. The third-order valence-electron chi connectivity index (χ3n) is 4.84. The van der Waals surface area contributed by atoms with Gasteiger partial charge in [0.05, 0.1) is 0 Å². The van der Waals surface area contributed by atoms with E-state index in [1.54, 1.807) is 6.92 Å². The summed E-state index contributed by atoms with van der Waals surface area (Å²) >= 11 is 0. The van der Waals surface area contributed by atoms with Crippen molar-refractivity contribution in [3.05, 3.63) is 10.1 Å². The third kappa shape index (κ3) is 1.01. The van der Waals surface area contributed by atoms with Gasteiger partial charge in [-0.25, -0.2) is 0 Å². The zero-order chi connectivity index (χ0) is 12.3. The van der Waals surface area contributed by atoms with Crippen LogP contribution in [-0.2, 0) is 9.59 Å². The molecule has 5 heteroatoms. The Kier molecular flexibility index (Phi) is 2.03. The summed E-state index contributed by atoms with van der Waals surface area (Å²) in [6.07, 6.45) is 1.18. The maximum Gasteiger partial charge on any atom is 0.328 e. The molecule has 0 radical (unpaired) electrons. The molecule has 88 valence electrons. The van der Waals surface area contributed by atoms with E-state index in [0.29, 0.717) is 12.8 Å². The molecule has 0 aliphatic heterocycles. The summed E-state index contributed by atoms with van der Waals surface area (Å²) < 4.78 is 0. The van der Waals surface area contributed by atoms with Crippen molar-refractivity contribution in [2.24, 2.45) is 16.7 Å². The van der Waals surface area contributed by atoms with Crippen LogP contribution in [0.3, 0.4) is 0 Å². The summed E-state index contributed by atoms with van der Waals surface area (Å²) in [4.78, 5) is 34.1. The van der Waals surface area contributed by atoms with Gasteiger partial charge in [-0.1, -0.05) is 20.8 Å². The van der Waals surface area contributed by atoms with E-state index in [4.69, 9.17) is 0 Å². The molecule has 0 heterocycles. The number of fused-ring (bicyclic) bond motifs is 2. The normalized spacial score (nSPS) is 41.2. The fourth-order valence-electron chi connectivity index (χ4n) is 3.26. The van der Waals surface area contributed by atoms with Crippen LogP contribution in [0.25, 0.3) is 0 Å². The maximum atomic E-state index is 12.1. The number of rotatable bonds is 1. The number of carbonyl (C=O) groups is 2. The summed E-state index contributed by atoms with van der Waals surface area (Å²) in [6, 6.07) is -1.62. The summed E-state index contributed by atoms with van der Waals surface area (Å²) in [5, 5.41) is 10.8. The number of ketones is 2. The molecule has 16 heavy (non-hydrogen) atoms. The number of hydrogen-bond acceptors (Lipinski definition) is 4. The van der Waals surface area contributed by atoms with E-state index < -0.39 is 33.4 Å². The van der Waals surface area contributed by atoms with Gasteiger partial charge >= 0.3 is 6.04 Å². The lowest BCUT2D eigenvalue weighted by Gasteiger charge is -2.43. The lowest BCUT2D eigenvalue weighted by Crippen LogP contribution is -2.58. The van der Waals surface area contributed by atoms with Crippen LogP contribution in [0.15, 0.2) is 0 Å². The van der Waals surface area contributed by atoms with Gasteiger partial charge in [-0.15, -0.1) is 0 Å². The first kappa shape index (κ1) is 11.2. The predicted octanol–water partition coefficient (Wildman–Crippen LogP) is 1.23. The first-order valence-corrected chi connectivity index (χ1v) is 5.45. The Morgan fingerprint density at radius 3 is 2.38 bits per heavy atom. The number of Topliss-reactive ketones (excluding diaryl/α,β-unsaturated/α-hetero) is 2. The van der Waals surface area contributed by atoms with Crippen LogP contribution in [0.5, 0.6) is 0 Å². The molecule has 0 spiro atoms. The zero-order valence-electron chi connectivity index (χ0n) is 9.65. The second-order valence-corrected chi connectivity index (χ2v) is 5.60. The first-order valence-electron chi connectivity index (χ1n) is 5.45. The molecule has 3 atom stereocenters. The van der Waals surface area contributed by atoms with Crippen molar-refractivity contribution >= 4 is 11.6 Å². The molecule has 0 amide bonds. The zero-order valence-corrected chi connectivity index (χ0v) is 9.65. The van der Waals surface area contributed by atoms with Crippen LogP contribution in [0, 0.1) is 26.9 Å². The molecule has 0 aromatic rings. The fourth-order valence-corrected chi connectivity index (χ4v) is 3.26. The van der Waals surface area contributed by atoms with E-state index in [-0.39, 0.29) is 5.92 Å². The van der Waals surface area contributed by atoms with Crippen LogP contribution in [0.2, 0.25) is 0 Å². The Labute approximate surface area is 93.4 Å². The van der Waals surface area contributed by atoms with Gasteiger partial charge in [0.2, 0.25) is 11.6 Å². The molecule has 2 aliphatic rings. The fraction of sp³-hybridized carbons (Fsp3) is 0.818. The average molecular weight is 225 g/mol. The molecule has 0 aromatic carbocycles. The van der Waals surface area contributed by atoms with E-state index in [0.717, 1.165) is 0 Å². The van der Waals surface area contributed by atoms with Crippen molar-refractivity contribution in [3.63, 3.8) is 0 Å². The van der Waals surface area contributed by atoms with Crippen molar-refractivity contribution < 1.29 is 14.5 Å². The van der Waals surface area contributed by atoms with Gasteiger partial charge in [0.15, 0.2) is 0 Å². The Morgan fingerprint density at radius 2 is 1.88 bits per heavy atom. The topological polar surface area (TPSA) is 77.3 Å². The monoisotopic (exact) mass is 225 g/mol. The summed E-state index contributed by atoms with van der Waals surface area (Å²) in [6.45, 7) is 5.51. The van der Waals surface area contributed by atoms with E-state index in [1.807, 2.05) is 13.8 Å². The number of carbonyl (C=O) groups excluding carboxylic acids is 2. The summed E-state index contributed by atoms with van der Waals surface area (Å²) in [5.41, 5.74) is -1.17. The predicted molar refractivity (Wildman–Crippen MR) is 55.4 cm³/mol. The SMILES string of the molecule is CC1(C)[C@@H]2CC[C@@]1(C)C(=O)C([N+](=O)[O-])C2=O. The van der Waals surface area contributed by atoms with Crippen molar-refractivity contribution in [1.29, 1.82) is 0 Å². The Balaban J connectivity index is 2.55. The molecule has 0 N–H and O–H groups in total. The number of nitrogens with zero attached hydrogens (tertiary/aromatic N) is 1. The molecule has 2 aliphatic carbocycles. The maximum absolute atomic E-state index is 12.1. The minimum absolute atomic E-state index is 0.342. The molecule has 1 unspecified atom stereocenters. The van der Waals surface area contributed by atoms with E-state index in [1.165, 1.54) is 0 Å².